The molecule has 336 valence electrons. The molecule has 10 rings (SSSR count). The lowest BCUT2D eigenvalue weighted by atomic mass is 9.68. The molecule has 4 nitrogen and oxygen atoms in total. The second-order valence-electron chi connectivity index (χ2n) is 17.9. The van der Waals surface area contributed by atoms with Gasteiger partial charge in [-0.25, -0.2) is 0 Å². The van der Waals surface area contributed by atoms with Gasteiger partial charge in [-0.3, -0.25) is 20.0 Å². The monoisotopic (exact) mass is 845 g/mol. The summed E-state index contributed by atoms with van der Waals surface area (Å²) in [5.74, 6) is 0. The average molecular weight is 845 g/mol. The number of nitrogens with zero attached hydrogens (tertiary/aromatic N) is 4. The third-order valence-corrected chi connectivity index (χ3v) is 14.5. The van der Waals surface area contributed by atoms with E-state index in [4.69, 9.17) is 9.98 Å². The molecule has 0 saturated heterocycles. The van der Waals surface area contributed by atoms with Crippen LogP contribution in [0, 0.1) is 0 Å². The van der Waals surface area contributed by atoms with E-state index in [9.17, 15) is 0 Å². The van der Waals surface area contributed by atoms with E-state index < -0.39 is 0 Å². The van der Waals surface area contributed by atoms with E-state index in [2.05, 4.69) is 194 Å². The molecule has 1 saturated carbocycles. The SMILES string of the molecule is C.C.C.C.CC1=Nc2ccccc2C1(C)C.CC1=Nc2ccccc2C1(C)Cc1ccccc1.CC1=Nc2ccccc2C12CCCCC2.CCC1(CC)C(C)=Nc2ccccc21. The van der Waals surface area contributed by atoms with Crippen LogP contribution < -0.4 is 0 Å². The minimum absolute atomic E-state index is 0. The highest BCUT2D eigenvalue weighted by atomic mass is 14.8. The minimum Gasteiger partial charge on any atom is -0.257 e. The quantitative estimate of drug-likeness (QED) is 0.173. The van der Waals surface area contributed by atoms with Crippen LogP contribution in [0.1, 0.15) is 165 Å². The van der Waals surface area contributed by atoms with Gasteiger partial charge in [0.05, 0.1) is 22.7 Å². The van der Waals surface area contributed by atoms with Crippen molar-refractivity contribution in [3.05, 3.63) is 155 Å². The van der Waals surface area contributed by atoms with Crippen LogP contribution in [0.4, 0.5) is 22.7 Å². The number of para-hydroxylation sites is 4. The Morgan fingerprint density at radius 3 is 1.35 bits per heavy atom. The van der Waals surface area contributed by atoms with Gasteiger partial charge in [-0.1, -0.05) is 180 Å². The van der Waals surface area contributed by atoms with Crippen LogP contribution >= 0.6 is 0 Å². The Morgan fingerprint density at radius 1 is 0.413 bits per heavy atom. The molecule has 1 unspecified atom stereocenters. The fraction of sp³-hybridized carbons (Fsp3) is 0.424. The molecule has 1 fully saturated rings. The number of hydrogen-bond donors (Lipinski definition) is 0. The lowest BCUT2D eigenvalue weighted by Gasteiger charge is -2.34. The van der Waals surface area contributed by atoms with Gasteiger partial charge in [-0.2, -0.15) is 0 Å². The summed E-state index contributed by atoms with van der Waals surface area (Å²) in [6, 6.07) is 44.7. The summed E-state index contributed by atoms with van der Waals surface area (Å²) in [5.41, 5.74) is 17.4. The Bertz CT molecular complexity index is 2400. The summed E-state index contributed by atoms with van der Waals surface area (Å²) in [7, 11) is 0. The van der Waals surface area contributed by atoms with E-state index in [0.717, 1.165) is 30.6 Å². The van der Waals surface area contributed by atoms with Gasteiger partial charge in [-0.15, -0.1) is 0 Å². The molecule has 0 N–H and O–H groups in total. The molecule has 1 spiro atoms. The van der Waals surface area contributed by atoms with Crippen LogP contribution in [-0.2, 0) is 28.1 Å². The number of hydrogen-bond acceptors (Lipinski definition) is 4. The van der Waals surface area contributed by atoms with Gasteiger partial charge in [0.25, 0.3) is 0 Å². The van der Waals surface area contributed by atoms with Crippen molar-refractivity contribution in [1.82, 2.24) is 0 Å². The van der Waals surface area contributed by atoms with E-state index in [1.165, 1.54) is 94.1 Å². The number of fused-ring (bicyclic) bond motifs is 5. The maximum atomic E-state index is 4.75. The van der Waals surface area contributed by atoms with Crippen molar-refractivity contribution in [1.29, 1.82) is 0 Å². The van der Waals surface area contributed by atoms with Crippen LogP contribution in [-0.4, -0.2) is 22.8 Å². The van der Waals surface area contributed by atoms with Crippen molar-refractivity contribution in [2.45, 2.75) is 165 Å². The van der Waals surface area contributed by atoms with E-state index in [0.29, 0.717) is 5.41 Å². The summed E-state index contributed by atoms with van der Waals surface area (Å²) < 4.78 is 0. The number of aliphatic imine (C=N–C) groups is 4. The maximum absolute atomic E-state index is 4.75. The molecule has 5 aromatic rings. The molecule has 1 atom stereocenters. The molecular weight excluding hydrogens is 765 g/mol. The molecule has 5 aliphatic rings. The normalized spacial score (nSPS) is 19.1. The highest BCUT2D eigenvalue weighted by molar-refractivity contribution is 6.02. The van der Waals surface area contributed by atoms with Crippen molar-refractivity contribution in [3.63, 3.8) is 0 Å². The van der Waals surface area contributed by atoms with Crippen molar-refractivity contribution >= 4 is 45.6 Å². The smallest absolute Gasteiger partial charge is 0.0670 e. The second-order valence-corrected chi connectivity index (χ2v) is 17.9. The summed E-state index contributed by atoms with van der Waals surface area (Å²) >= 11 is 0. The van der Waals surface area contributed by atoms with E-state index >= 15 is 0 Å². The zero-order chi connectivity index (χ0) is 41.8. The Kier molecular flexibility index (Phi) is 17.7. The molecule has 0 aromatic heterocycles. The first-order valence-electron chi connectivity index (χ1n) is 22.0. The maximum Gasteiger partial charge on any atom is 0.0670 e. The van der Waals surface area contributed by atoms with Crippen molar-refractivity contribution in [2.75, 3.05) is 0 Å². The van der Waals surface area contributed by atoms with Crippen molar-refractivity contribution in [3.8, 4) is 0 Å². The summed E-state index contributed by atoms with van der Waals surface area (Å²) in [5, 5.41) is 0. The topological polar surface area (TPSA) is 49.4 Å². The zero-order valence-electron chi connectivity index (χ0n) is 37.1. The van der Waals surface area contributed by atoms with Gasteiger partial charge < -0.3 is 0 Å². The molecule has 0 amide bonds. The minimum atomic E-state index is 0. The third kappa shape index (κ3) is 9.81. The van der Waals surface area contributed by atoms with Crippen LogP contribution in [0.25, 0.3) is 0 Å². The molecule has 4 aliphatic heterocycles. The van der Waals surface area contributed by atoms with Crippen LogP contribution in [0.3, 0.4) is 0 Å². The predicted molar refractivity (Wildman–Crippen MR) is 281 cm³/mol. The predicted octanol–water partition coefficient (Wildman–Crippen LogP) is 17.8. The second kappa shape index (κ2) is 21.4. The molecule has 4 heteroatoms. The zero-order valence-corrected chi connectivity index (χ0v) is 37.1. The molecule has 0 bridgehead atoms. The van der Waals surface area contributed by atoms with Gasteiger partial charge in [0, 0.05) is 44.5 Å². The van der Waals surface area contributed by atoms with Gasteiger partial charge >= 0.3 is 0 Å². The molecule has 63 heavy (non-hydrogen) atoms. The van der Waals surface area contributed by atoms with E-state index in [1.807, 2.05) is 6.07 Å². The average Bonchev–Trinajstić information content (AvgIpc) is 3.88. The van der Waals surface area contributed by atoms with Gasteiger partial charge in [0.1, 0.15) is 0 Å². The van der Waals surface area contributed by atoms with Crippen molar-refractivity contribution in [2.24, 2.45) is 20.0 Å². The van der Waals surface area contributed by atoms with E-state index in [-0.39, 0.29) is 46.0 Å². The fourth-order valence-electron chi connectivity index (χ4n) is 10.2. The molecule has 4 heterocycles. The van der Waals surface area contributed by atoms with Crippen molar-refractivity contribution < 1.29 is 0 Å². The highest BCUT2D eigenvalue weighted by Crippen LogP contribution is 2.49. The van der Waals surface area contributed by atoms with E-state index in [1.54, 1.807) is 0 Å². The fourth-order valence-corrected chi connectivity index (χ4v) is 10.2. The lowest BCUT2D eigenvalue weighted by molar-refractivity contribution is 0.384. The van der Waals surface area contributed by atoms with Gasteiger partial charge in [0.2, 0.25) is 0 Å². The van der Waals surface area contributed by atoms with Gasteiger partial charge in [-0.05, 0) is 119 Å². The Hall–Kier alpha value is -5.22. The summed E-state index contributed by atoms with van der Waals surface area (Å²) in [6.07, 6.45) is 10.0. The highest BCUT2D eigenvalue weighted by Gasteiger charge is 2.42. The summed E-state index contributed by atoms with van der Waals surface area (Å²) in [4.78, 5) is 18.6. The molecule has 1 aliphatic carbocycles. The first-order valence-corrected chi connectivity index (χ1v) is 22.0. The van der Waals surface area contributed by atoms with Gasteiger partial charge in [0.15, 0.2) is 0 Å². The van der Waals surface area contributed by atoms with Crippen LogP contribution in [0.15, 0.2) is 147 Å². The summed E-state index contributed by atoms with van der Waals surface area (Å²) in [6.45, 7) is 19.9. The first-order chi connectivity index (χ1) is 28.4. The Morgan fingerprint density at radius 2 is 0.810 bits per heavy atom. The molecule has 0 radical (unpaired) electrons. The Balaban J connectivity index is 0.000000221. The molecule has 5 aromatic carbocycles. The van der Waals surface area contributed by atoms with Crippen LogP contribution in [0.2, 0.25) is 0 Å². The first kappa shape index (κ1) is 52.1. The molecular formula is C59H80N4. The van der Waals surface area contributed by atoms with Crippen LogP contribution in [0.5, 0.6) is 0 Å². The third-order valence-electron chi connectivity index (χ3n) is 14.5. The number of benzene rings is 5. The lowest BCUT2D eigenvalue weighted by Crippen LogP contribution is -2.33. The number of rotatable bonds is 4. The largest absolute Gasteiger partial charge is 0.257 e. The Labute approximate surface area is 384 Å². The standard InChI is InChI=1S/C17H17N.C14H17N.C13H17N.C11H13N.4CH4/c1-13-17(2,12-14-8-4-3-5-9-14)15-10-6-7-11-16(15)18-13;1-11-14(9-5-2-6-10-14)12-7-3-4-8-13(12)15-11;1-4-13(5-2)10(3)14-12-9-7-6-8-11(12)13;1-8-11(2,3)9-6-4-5-7-10(9)12-8;;;;/h3-11H,12H2,1-2H3;3-4,7-8H,2,5-6,9-10H2,1H3;6-9H,4-5H2,1-3H3;4-7H,1-3H3;4*1H4.